The van der Waals surface area contributed by atoms with E-state index in [2.05, 4.69) is 27.0 Å². The fourth-order valence-electron chi connectivity index (χ4n) is 3.70. The van der Waals surface area contributed by atoms with E-state index in [0.717, 1.165) is 23.3 Å². The number of aryl methyl sites for hydroxylation is 2. The van der Waals surface area contributed by atoms with Crippen molar-refractivity contribution in [3.8, 4) is 6.07 Å². The number of nitrogens with zero attached hydrogens (tertiary/aromatic N) is 4. The maximum Gasteiger partial charge on any atom is 0.358 e. The van der Waals surface area contributed by atoms with Crippen LogP contribution in [-0.2, 0) is 17.8 Å². The summed E-state index contributed by atoms with van der Waals surface area (Å²) < 4.78 is 14.7. The molecule has 2 atom stereocenters. The molecule has 0 bridgehead atoms. The van der Waals surface area contributed by atoms with Crippen LogP contribution >= 0.6 is 0 Å². The summed E-state index contributed by atoms with van der Waals surface area (Å²) in [4.78, 5) is 36.8. The molecule has 2 amide bonds. The van der Waals surface area contributed by atoms with Gasteiger partial charge in [0, 0.05) is 18.5 Å². The summed E-state index contributed by atoms with van der Waals surface area (Å²) in [6.45, 7) is 2.33. The lowest BCUT2D eigenvalue weighted by Crippen LogP contribution is -2.50. The zero-order chi connectivity index (χ0) is 26.8. The Morgan fingerprint density at radius 2 is 1.89 bits per heavy atom. The van der Waals surface area contributed by atoms with E-state index in [-0.39, 0.29) is 17.7 Å². The first kappa shape index (κ1) is 27.0. The molecule has 0 unspecified atom stereocenters. The fraction of sp³-hybridized carbons (Fsp3) is 0.308. The summed E-state index contributed by atoms with van der Waals surface area (Å²) in [7, 11) is 0. The molecular weight excluding hydrogens is 479 g/mol. The molecule has 0 spiro atoms. The molecule has 0 aliphatic heterocycles. The van der Waals surface area contributed by atoms with Crippen LogP contribution in [0.1, 0.15) is 51.2 Å². The lowest BCUT2D eigenvalue weighted by Gasteiger charge is -2.21. The minimum absolute atomic E-state index is 0.149. The van der Waals surface area contributed by atoms with E-state index in [1.165, 1.54) is 23.0 Å². The molecule has 11 heteroatoms. The highest BCUT2D eigenvalue weighted by molar-refractivity contribution is 5.97. The first-order chi connectivity index (χ1) is 17.7. The maximum absolute atomic E-state index is 13.2. The molecule has 2 aromatic carbocycles. The van der Waals surface area contributed by atoms with Crippen LogP contribution in [0.2, 0.25) is 0 Å². The van der Waals surface area contributed by atoms with Gasteiger partial charge in [-0.05, 0) is 56.0 Å². The van der Waals surface area contributed by atoms with E-state index >= 15 is 0 Å². The number of unbranched alkanes of at least 4 members (excludes halogenated alkanes) is 1. The van der Waals surface area contributed by atoms with E-state index in [0.29, 0.717) is 25.8 Å². The summed E-state index contributed by atoms with van der Waals surface area (Å²) in [5, 5.41) is 31.2. The lowest BCUT2D eigenvalue weighted by atomic mass is 10.0. The van der Waals surface area contributed by atoms with E-state index < -0.39 is 35.7 Å². The van der Waals surface area contributed by atoms with Crippen LogP contribution in [0.4, 0.5) is 4.39 Å². The van der Waals surface area contributed by atoms with Crippen LogP contribution in [0, 0.1) is 24.1 Å². The van der Waals surface area contributed by atoms with Crippen LogP contribution in [0.25, 0.3) is 0 Å². The molecule has 3 N–H and O–H groups in total. The minimum atomic E-state index is -1.16. The normalized spacial score (nSPS) is 12.2. The third-order valence-corrected chi connectivity index (χ3v) is 5.61. The van der Waals surface area contributed by atoms with Gasteiger partial charge in [0.1, 0.15) is 17.9 Å². The number of hydrogen-bond acceptors (Lipinski definition) is 6. The number of carbonyl (C=O) groups excluding carboxylic acids is 2. The third kappa shape index (κ3) is 8.24. The Morgan fingerprint density at radius 1 is 1.14 bits per heavy atom. The van der Waals surface area contributed by atoms with E-state index in [1.807, 2.05) is 31.2 Å². The van der Waals surface area contributed by atoms with E-state index in [1.54, 1.807) is 0 Å². The van der Waals surface area contributed by atoms with Crippen molar-refractivity contribution in [3.63, 3.8) is 0 Å². The van der Waals surface area contributed by atoms with Gasteiger partial charge in [-0.25, -0.2) is 9.18 Å². The summed E-state index contributed by atoms with van der Waals surface area (Å²) in [5.41, 5.74) is 1.89. The first-order valence-electron chi connectivity index (χ1n) is 11.7. The number of halogens is 1. The smallest absolute Gasteiger partial charge is 0.358 e. The number of carboxylic acid groups (broad SMARTS) is 1. The summed E-state index contributed by atoms with van der Waals surface area (Å²) in [6.07, 6.45) is 3.03. The Hall–Kier alpha value is -4.59. The minimum Gasteiger partial charge on any atom is -0.476 e. The van der Waals surface area contributed by atoms with Crippen molar-refractivity contribution in [2.24, 2.45) is 0 Å². The fourth-order valence-corrected chi connectivity index (χ4v) is 3.70. The molecular formula is C26H27FN6O4. The lowest BCUT2D eigenvalue weighted by molar-refractivity contribution is -0.123. The van der Waals surface area contributed by atoms with Gasteiger partial charge in [0.25, 0.3) is 5.91 Å². The molecule has 0 saturated carbocycles. The van der Waals surface area contributed by atoms with Gasteiger partial charge in [-0.1, -0.05) is 35.0 Å². The van der Waals surface area contributed by atoms with E-state index in [4.69, 9.17) is 5.11 Å². The largest absolute Gasteiger partial charge is 0.476 e. The second-order valence-electron chi connectivity index (χ2n) is 8.58. The number of nitriles is 1. The van der Waals surface area contributed by atoms with Crippen molar-refractivity contribution < 1.29 is 23.9 Å². The highest BCUT2D eigenvalue weighted by atomic mass is 19.1. The number of rotatable bonds is 12. The van der Waals surface area contributed by atoms with Crippen molar-refractivity contribution in [3.05, 3.63) is 82.9 Å². The Kier molecular flexibility index (Phi) is 9.43. The molecule has 1 heterocycles. The second kappa shape index (κ2) is 12.9. The number of nitrogens with one attached hydrogen (secondary N) is 2. The predicted octanol–water partition coefficient (Wildman–Crippen LogP) is 2.64. The number of carbonyl (C=O) groups is 3. The summed E-state index contributed by atoms with van der Waals surface area (Å²) in [6, 6.07) is 12.8. The van der Waals surface area contributed by atoms with Gasteiger partial charge < -0.3 is 15.7 Å². The van der Waals surface area contributed by atoms with Crippen LogP contribution in [0.15, 0.2) is 54.7 Å². The molecule has 0 aliphatic carbocycles. The van der Waals surface area contributed by atoms with Gasteiger partial charge in [0.15, 0.2) is 5.69 Å². The predicted molar refractivity (Wildman–Crippen MR) is 131 cm³/mol. The summed E-state index contributed by atoms with van der Waals surface area (Å²) >= 11 is 0. The second-order valence-corrected chi connectivity index (χ2v) is 8.58. The third-order valence-electron chi connectivity index (χ3n) is 5.61. The monoisotopic (exact) mass is 506 g/mol. The number of aromatic carboxylic acids is 1. The number of carboxylic acids is 1. The average Bonchev–Trinajstić information content (AvgIpc) is 3.35. The molecule has 0 aliphatic rings. The van der Waals surface area contributed by atoms with Gasteiger partial charge in [0.2, 0.25) is 5.91 Å². The highest BCUT2D eigenvalue weighted by Gasteiger charge is 2.24. The molecule has 37 heavy (non-hydrogen) atoms. The molecule has 0 radical (unpaired) electrons. The van der Waals surface area contributed by atoms with Crippen LogP contribution < -0.4 is 10.6 Å². The van der Waals surface area contributed by atoms with Gasteiger partial charge in [-0.15, -0.1) is 5.10 Å². The zero-order valence-electron chi connectivity index (χ0n) is 20.2. The van der Waals surface area contributed by atoms with Gasteiger partial charge in [-0.2, -0.15) is 5.26 Å². The Labute approximate surface area is 213 Å². The topological polar surface area (TPSA) is 150 Å². The van der Waals surface area contributed by atoms with Crippen molar-refractivity contribution >= 4 is 17.8 Å². The van der Waals surface area contributed by atoms with E-state index in [9.17, 15) is 24.0 Å². The Bertz CT molecular complexity index is 1280. The summed E-state index contributed by atoms with van der Waals surface area (Å²) in [5.74, 6) is -2.68. The van der Waals surface area contributed by atoms with Crippen molar-refractivity contribution in [1.82, 2.24) is 25.6 Å². The van der Waals surface area contributed by atoms with Gasteiger partial charge >= 0.3 is 5.97 Å². The van der Waals surface area contributed by atoms with Crippen LogP contribution in [0.5, 0.6) is 0 Å². The highest BCUT2D eigenvalue weighted by Crippen LogP contribution is 2.10. The average molecular weight is 507 g/mol. The van der Waals surface area contributed by atoms with Gasteiger partial charge in [-0.3, -0.25) is 14.3 Å². The molecule has 0 saturated heterocycles. The first-order valence-corrected chi connectivity index (χ1v) is 11.7. The molecule has 3 aromatic rings. The quantitative estimate of drug-likeness (QED) is 0.320. The zero-order valence-corrected chi connectivity index (χ0v) is 20.2. The number of benzene rings is 2. The van der Waals surface area contributed by atoms with Crippen LogP contribution in [-0.4, -0.2) is 50.0 Å². The van der Waals surface area contributed by atoms with Crippen molar-refractivity contribution in [1.29, 1.82) is 5.26 Å². The molecule has 10 nitrogen and oxygen atoms in total. The SMILES string of the molecule is Cc1cccc(C[C@H](NC(=O)c2ccc(F)cc2)C(=O)N[C@H](C#N)CCCCn2cc(C(=O)O)nn2)c1. The van der Waals surface area contributed by atoms with Crippen LogP contribution in [0.3, 0.4) is 0 Å². The Morgan fingerprint density at radius 3 is 2.54 bits per heavy atom. The standard InChI is InChI=1S/C26H27FN6O4/c1-17-5-4-6-18(13-17)14-22(30-24(34)19-8-10-20(27)11-9-19)25(35)29-21(15-28)7-2-3-12-33-16-23(26(36)37)31-32-33/h4-6,8-11,13,16,21-22H,2-3,7,12,14H2,1H3,(H,29,35)(H,30,34)(H,36,37)/t21-,22-/m0/s1. The maximum atomic E-state index is 13.2. The molecule has 3 rings (SSSR count). The molecule has 1 aromatic heterocycles. The molecule has 0 fully saturated rings. The van der Waals surface area contributed by atoms with Gasteiger partial charge in [0.05, 0.1) is 12.3 Å². The number of hydrogen-bond donors (Lipinski definition) is 3. The molecule has 192 valence electrons. The van der Waals surface area contributed by atoms with Crippen molar-refractivity contribution in [2.45, 2.75) is 51.2 Å². The van der Waals surface area contributed by atoms with Crippen molar-refractivity contribution in [2.75, 3.05) is 0 Å². The number of amides is 2. The number of aromatic nitrogens is 3. The Balaban J connectivity index is 1.61.